The van der Waals surface area contributed by atoms with E-state index in [1.165, 1.54) is 0 Å². The molecule has 0 aliphatic rings. The summed E-state index contributed by atoms with van der Waals surface area (Å²) in [6.45, 7) is 3.85. The summed E-state index contributed by atoms with van der Waals surface area (Å²) in [5.41, 5.74) is 10.2. The summed E-state index contributed by atoms with van der Waals surface area (Å²) in [5, 5.41) is 11.1. The van der Waals surface area contributed by atoms with E-state index in [-0.39, 0.29) is 23.2 Å². The zero-order valence-electron chi connectivity index (χ0n) is 20.3. The molecule has 3 N–H and O–H groups in total. The number of carbonyl (C=O) groups is 1. The Morgan fingerprint density at radius 1 is 1.03 bits per heavy atom. The average molecular weight is 546 g/mol. The van der Waals surface area contributed by atoms with Crippen molar-refractivity contribution in [2.24, 2.45) is 0 Å². The zero-order chi connectivity index (χ0) is 26.2. The Morgan fingerprint density at radius 2 is 1.78 bits per heavy atom. The SMILES string of the molecule is CCCN(CCO)Cc1c(C(=O)c2ccc(Cl)cc2Cl)oc2cc(-c3cccc(N)c3)ccc12.CS. The Bertz CT molecular complexity index is 1330. The minimum atomic E-state index is -0.307. The number of benzene rings is 3. The fourth-order valence-electron chi connectivity index (χ4n) is 4.14. The van der Waals surface area contributed by atoms with Gasteiger partial charge in [-0.25, -0.2) is 0 Å². The van der Waals surface area contributed by atoms with E-state index in [1.54, 1.807) is 24.5 Å². The first kappa shape index (κ1) is 28.1. The number of nitrogens with zero attached hydrogens (tertiary/aromatic N) is 1. The van der Waals surface area contributed by atoms with Crippen LogP contribution in [0.15, 0.2) is 65.1 Å². The molecule has 0 aliphatic heterocycles. The fraction of sp³-hybridized carbons (Fsp3) is 0.250. The summed E-state index contributed by atoms with van der Waals surface area (Å²) < 4.78 is 6.19. The van der Waals surface area contributed by atoms with Gasteiger partial charge in [-0.3, -0.25) is 9.69 Å². The number of anilines is 1. The molecule has 0 unspecified atom stereocenters. The molecule has 0 saturated heterocycles. The monoisotopic (exact) mass is 544 g/mol. The quantitative estimate of drug-likeness (QED) is 0.120. The summed E-state index contributed by atoms with van der Waals surface area (Å²) >= 11 is 15.9. The van der Waals surface area contributed by atoms with E-state index < -0.39 is 0 Å². The molecule has 190 valence electrons. The molecular formula is C28H30Cl2N2O3S. The first-order chi connectivity index (χ1) is 17.4. The van der Waals surface area contributed by atoms with Crippen LogP contribution in [0, 0.1) is 0 Å². The van der Waals surface area contributed by atoms with Crippen molar-refractivity contribution in [1.29, 1.82) is 0 Å². The Hall–Kier alpha value is -2.48. The number of halogens is 2. The second-order valence-corrected chi connectivity index (χ2v) is 9.04. The number of fused-ring (bicyclic) bond motifs is 1. The van der Waals surface area contributed by atoms with Gasteiger partial charge in [-0.05, 0) is 66.7 Å². The molecule has 5 nitrogen and oxygen atoms in total. The van der Waals surface area contributed by atoms with Gasteiger partial charge in [0.25, 0.3) is 0 Å². The lowest BCUT2D eigenvalue weighted by Gasteiger charge is -2.20. The highest BCUT2D eigenvalue weighted by atomic mass is 35.5. The second-order valence-electron chi connectivity index (χ2n) is 8.20. The minimum Gasteiger partial charge on any atom is -0.452 e. The third kappa shape index (κ3) is 6.44. The Kier molecular flexibility index (Phi) is 10.3. The van der Waals surface area contributed by atoms with Gasteiger partial charge in [0, 0.05) is 40.3 Å². The lowest BCUT2D eigenvalue weighted by atomic mass is 10.0. The standard InChI is InChI=1S/C27H26Cl2N2O3.CH4S/c1-2-10-31(11-12-32)16-23-21-8-6-18(17-4-3-5-20(30)13-17)14-25(21)34-27(23)26(33)22-9-7-19(28)15-24(22)29;1-2/h3-9,13-15,32H,2,10-12,16,30H2,1H3;2H,1H3. The van der Waals surface area contributed by atoms with E-state index in [0.717, 1.165) is 35.0 Å². The van der Waals surface area contributed by atoms with Gasteiger partial charge in [0.1, 0.15) is 5.58 Å². The zero-order valence-corrected chi connectivity index (χ0v) is 22.7. The van der Waals surface area contributed by atoms with Gasteiger partial charge in [-0.2, -0.15) is 12.6 Å². The summed E-state index contributed by atoms with van der Waals surface area (Å²) in [6, 6.07) is 18.3. The van der Waals surface area contributed by atoms with E-state index in [9.17, 15) is 9.90 Å². The molecule has 0 spiro atoms. The third-order valence-corrected chi connectivity index (χ3v) is 6.28. The van der Waals surface area contributed by atoms with Crippen molar-refractivity contribution < 1.29 is 14.3 Å². The highest BCUT2D eigenvalue weighted by Crippen LogP contribution is 2.34. The lowest BCUT2D eigenvalue weighted by Crippen LogP contribution is -2.27. The van der Waals surface area contributed by atoms with Crippen LogP contribution in [0.25, 0.3) is 22.1 Å². The number of furan rings is 1. The van der Waals surface area contributed by atoms with E-state index in [2.05, 4.69) is 24.5 Å². The first-order valence-corrected chi connectivity index (χ1v) is 13.2. The van der Waals surface area contributed by atoms with Crippen molar-refractivity contribution in [3.8, 4) is 11.1 Å². The molecule has 0 fully saturated rings. The Morgan fingerprint density at radius 3 is 2.44 bits per heavy atom. The van der Waals surface area contributed by atoms with E-state index >= 15 is 0 Å². The molecule has 0 amide bonds. The average Bonchev–Trinajstić information content (AvgIpc) is 3.23. The van der Waals surface area contributed by atoms with Crippen LogP contribution in [0.4, 0.5) is 5.69 Å². The van der Waals surface area contributed by atoms with E-state index in [0.29, 0.717) is 34.9 Å². The number of rotatable bonds is 9. The predicted octanol–water partition coefficient (Wildman–Crippen LogP) is 6.97. The molecule has 1 aromatic heterocycles. The molecule has 0 saturated carbocycles. The molecule has 0 radical (unpaired) electrons. The summed E-state index contributed by atoms with van der Waals surface area (Å²) in [7, 11) is 0. The van der Waals surface area contributed by atoms with Crippen LogP contribution >= 0.6 is 35.8 Å². The number of carbonyl (C=O) groups excluding carboxylic acids is 1. The van der Waals surface area contributed by atoms with Crippen LogP contribution in [-0.4, -0.2) is 41.7 Å². The summed E-state index contributed by atoms with van der Waals surface area (Å²) in [4.78, 5) is 15.7. The smallest absolute Gasteiger partial charge is 0.230 e. The minimum absolute atomic E-state index is 0.0294. The van der Waals surface area contributed by atoms with Crippen LogP contribution in [-0.2, 0) is 6.54 Å². The van der Waals surface area contributed by atoms with Gasteiger partial charge in [-0.1, -0.05) is 54.4 Å². The fourth-order valence-corrected chi connectivity index (χ4v) is 4.63. The Balaban J connectivity index is 0.00000176. The van der Waals surface area contributed by atoms with Crippen LogP contribution in [0.1, 0.15) is 35.0 Å². The molecule has 0 atom stereocenters. The Labute approximate surface area is 227 Å². The van der Waals surface area contributed by atoms with Crippen molar-refractivity contribution in [3.63, 3.8) is 0 Å². The number of aliphatic hydroxyl groups is 1. The molecule has 0 aliphatic carbocycles. The topological polar surface area (TPSA) is 79.7 Å². The molecule has 36 heavy (non-hydrogen) atoms. The number of aliphatic hydroxyl groups excluding tert-OH is 1. The van der Waals surface area contributed by atoms with Crippen molar-refractivity contribution in [2.75, 3.05) is 31.7 Å². The van der Waals surface area contributed by atoms with Crippen LogP contribution in [0.5, 0.6) is 0 Å². The lowest BCUT2D eigenvalue weighted by molar-refractivity contribution is 0.101. The van der Waals surface area contributed by atoms with Crippen molar-refractivity contribution in [3.05, 3.63) is 87.6 Å². The largest absolute Gasteiger partial charge is 0.452 e. The van der Waals surface area contributed by atoms with E-state index in [4.69, 9.17) is 33.4 Å². The molecule has 4 rings (SSSR count). The van der Waals surface area contributed by atoms with Crippen LogP contribution < -0.4 is 5.73 Å². The third-order valence-electron chi connectivity index (χ3n) is 5.73. The normalized spacial score (nSPS) is 11.0. The first-order valence-electron chi connectivity index (χ1n) is 11.6. The van der Waals surface area contributed by atoms with Gasteiger partial charge in [0.2, 0.25) is 5.78 Å². The van der Waals surface area contributed by atoms with Gasteiger partial charge in [-0.15, -0.1) is 0 Å². The molecule has 1 heterocycles. The molecular weight excluding hydrogens is 515 g/mol. The molecule has 4 aromatic rings. The maximum Gasteiger partial charge on any atom is 0.230 e. The van der Waals surface area contributed by atoms with Crippen LogP contribution in [0.3, 0.4) is 0 Å². The number of nitrogen functional groups attached to an aromatic ring is 1. The maximum absolute atomic E-state index is 13.6. The number of hydrogen-bond acceptors (Lipinski definition) is 6. The number of hydrogen-bond donors (Lipinski definition) is 3. The highest BCUT2D eigenvalue weighted by Gasteiger charge is 2.25. The van der Waals surface area contributed by atoms with E-state index in [1.807, 2.05) is 42.5 Å². The number of thiol groups is 1. The van der Waals surface area contributed by atoms with Gasteiger partial charge < -0.3 is 15.3 Å². The maximum atomic E-state index is 13.6. The summed E-state index contributed by atoms with van der Waals surface area (Å²) in [5.74, 6) is -0.0678. The van der Waals surface area contributed by atoms with Gasteiger partial charge in [0.15, 0.2) is 5.76 Å². The van der Waals surface area contributed by atoms with Crippen molar-refractivity contribution in [2.45, 2.75) is 19.9 Å². The second kappa shape index (κ2) is 13.2. The molecule has 8 heteroatoms. The van der Waals surface area contributed by atoms with Gasteiger partial charge >= 0.3 is 0 Å². The predicted molar refractivity (Wildman–Crippen MR) is 154 cm³/mol. The molecule has 3 aromatic carbocycles. The number of ketones is 1. The summed E-state index contributed by atoms with van der Waals surface area (Å²) in [6.07, 6.45) is 2.61. The van der Waals surface area contributed by atoms with Crippen molar-refractivity contribution >= 4 is 58.3 Å². The molecule has 0 bridgehead atoms. The highest BCUT2D eigenvalue weighted by molar-refractivity contribution is 7.79. The van der Waals surface area contributed by atoms with Crippen LogP contribution in [0.2, 0.25) is 10.0 Å². The van der Waals surface area contributed by atoms with Crippen molar-refractivity contribution in [1.82, 2.24) is 4.90 Å². The number of nitrogens with two attached hydrogens (primary N) is 1. The van der Waals surface area contributed by atoms with Gasteiger partial charge in [0.05, 0.1) is 11.6 Å².